The molecule has 108 valence electrons. The zero-order valence-electron chi connectivity index (χ0n) is 10.8. The molecule has 2 N–H and O–H groups in total. The van der Waals surface area contributed by atoms with Crippen LogP contribution >= 0.6 is 11.6 Å². The molecule has 8 heteroatoms. The van der Waals surface area contributed by atoms with E-state index in [9.17, 15) is 8.42 Å². The molecule has 0 bridgehead atoms. The van der Waals surface area contributed by atoms with E-state index in [1.165, 1.54) is 12.3 Å². The monoisotopic (exact) mass is 315 g/mol. The molecule has 0 fully saturated rings. The Labute approximate surface area is 122 Å². The number of anilines is 1. The molecule has 1 aromatic heterocycles. The minimum Gasteiger partial charge on any atom is -0.494 e. The maximum atomic E-state index is 12.0. The number of H-pyrrole nitrogens is 1. The quantitative estimate of drug-likeness (QED) is 0.801. The summed E-state index contributed by atoms with van der Waals surface area (Å²) in [4.78, 5) is 0. The number of nitrogens with one attached hydrogen (secondary N) is 2. The molecule has 6 nitrogen and oxygen atoms in total. The van der Waals surface area contributed by atoms with Gasteiger partial charge in [0.2, 0.25) is 0 Å². The lowest BCUT2D eigenvalue weighted by Gasteiger charge is -2.11. The molecule has 1 aromatic carbocycles. The molecule has 2 rings (SSSR count). The van der Waals surface area contributed by atoms with Gasteiger partial charge < -0.3 is 4.74 Å². The average molecular weight is 316 g/mol. The second kappa shape index (κ2) is 6.15. The van der Waals surface area contributed by atoms with Gasteiger partial charge >= 0.3 is 0 Å². The number of hydrogen-bond donors (Lipinski definition) is 2. The van der Waals surface area contributed by atoms with Crippen LogP contribution in [0.5, 0.6) is 5.75 Å². The molecule has 0 radical (unpaired) electrons. The molecule has 1 heterocycles. The number of sulfonamides is 1. The summed E-state index contributed by atoms with van der Waals surface area (Å²) in [7, 11) is -3.67. The van der Waals surface area contributed by atoms with Crippen molar-refractivity contribution in [3.63, 3.8) is 0 Å². The minimum absolute atomic E-state index is 0.00110. The van der Waals surface area contributed by atoms with Gasteiger partial charge in [-0.2, -0.15) is 13.5 Å². The molecule has 0 amide bonds. The van der Waals surface area contributed by atoms with Crippen LogP contribution < -0.4 is 9.46 Å². The molecule has 0 saturated carbocycles. The van der Waals surface area contributed by atoms with Crippen molar-refractivity contribution in [2.24, 2.45) is 0 Å². The fraction of sp³-hybridized carbons (Fsp3) is 0.250. The van der Waals surface area contributed by atoms with Crippen molar-refractivity contribution in [1.82, 2.24) is 10.2 Å². The Hall–Kier alpha value is -1.73. The lowest BCUT2D eigenvalue weighted by Crippen LogP contribution is -2.13. The first-order valence-corrected chi connectivity index (χ1v) is 7.92. The van der Waals surface area contributed by atoms with Crippen molar-refractivity contribution in [2.75, 3.05) is 11.3 Å². The lowest BCUT2D eigenvalue weighted by molar-refractivity contribution is 0.337. The third-order valence-corrected chi connectivity index (χ3v) is 4.12. The first-order valence-electron chi connectivity index (χ1n) is 5.90. The normalized spacial score (nSPS) is 11.3. The third kappa shape index (κ3) is 3.23. The molecular weight excluding hydrogens is 302 g/mol. The maximum Gasteiger partial charge on any atom is 0.278 e. The topological polar surface area (TPSA) is 84.1 Å². The number of aromatic nitrogens is 2. The molecule has 0 unspecified atom stereocenters. The largest absolute Gasteiger partial charge is 0.494 e. The highest BCUT2D eigenvalue weighted by Crippen LogP contribution is 2.25. The summed E-state index contributed by atoms with van der Waals surface area (Å²) >= 11 is 5.84. The molecule has 20 heavy (non-hydrogen) atoms. The van der Waals surface area contributed by atoms with Crippen LogP contribution in [0.3, 0.4) is 0 Å². The molecule has 0 atom stereocenters. The van der Waals surface area contributed by atoms with Crippen molar-refractivity contribution in [3.05, 3.63) is 36.0 Å². The average Bonchev–Trinajstić information content (AvgIpc) is 2.95. The van der Waals surface area contributed by atoms with E-state index in [1.54, 1.807) is 18.2 Å². The van der Waals surface area contributed by atoms with E-state index in [2.05, 4.69) is 14.9 Å². The molecule has 0 aliphatic rings. The Morgan fingerprint density at radius 1 is 1.40 bits per heavy atom. The van der Waals surface area contributed by atoms with E-state index in [-0.39, 0.29) is 10.9 Å². The number of rotatable bonds is 6. The summed E-state index contributed by atoms with van der Waals surface area (Å²) in [6, 6.07) is 6.33. The van der Waals surface area contributed by atoms with Crippen LogP contribution in [0, 0.1) is 0 Å². The fourth-order valence-corrected chi connectivity index (χ4v) is 2.82. The van der Waals surface area contributed by atoms with Gasteiger partial charge in [0.05, 0.1) is 18.7 Å². The third-order valence-electron chi connectivity index (χ3n) is 2.52. The lowest BCUT2D eigenvalue weighted by atomic mass is 10.2. The van der Waals surface area contributed by atoms with Gasteiger partial charge in [0, 0.05) is 11.3 Å². The summed E-state index contributed by atoms with van der Waals surface area (Å²) in [5.74, 6) is 0.876. The van der Waals surface area contributed by atoms with E-state index >= 15 is 0 Å². The Balaban J connectivity index is 2.26. The Bertz CT molecular complexity index is 671. The minimum atomic E-state index is -3.67. The van der Waals surface area contributed by atoms with Crippen molar-refractivity contribution < 1.29 is 13.2 Å². The number of alkyl halides is 1. The van der Waals surface area contributed by atoms with E-state index in [1.807, 2.05) is 6.92 Å². The van der Waals surface area contributed by atoms with Crippen LogP contribution in [0.4, 0.5) is 5.69 Å². The van der Waals surface area contributed by atoms with Crippen molar-refractivity contribution in [1.29, 1.82) is 0 Å². The SMILES string of the molecule is CCOc1ccc(NS(=O)(=O)c2ccn[nH]2)cc1CCl. The number of nitrogens with zero attached hydrogens (tertiary/aromatic N) is 1. The second-order valence-electron chi connectivity index (χ2n) is 3.92. The fourth-order valence-electron chi connectivity index (χ4n) is 1.65. The van der Waals surface area contributed by atoms with Crippen molar-refractivity contribution in [2.45, 2.75) is 17.8 Å². The van der Waals surface area contributed by atoms with Gasteiger partial charge in [-0.1, -0.05) is 0 Å². The van der Waals surface area contributed by atoms with Crippen LogP contribution in [0.15, 0.2) is 35.5 Å². The first-order chi connectivity index (χ1) is 9.56. The highest BCUT2D eigenvalue weighted by Gasteiger charge is 2.16. The van der Waals surface area contributed by atoms with Gasteiger partial charge in [0.15, 0.2) is 5.03 Å². The number of ether oxygens (including phenoxy) is 1. The van der Waals surface area contributed by atoms with Crippen LogP contribution in [0.25, 0.3) is 0 Å². The van der Waals surface area contributed by atoms with E-state index in [0.29, 0.717) is 18.0 Å². The Morgan fingerprint density at radius 2 is 2.20 bits per heavy atom. The highest BCUT2D eigenvalue weighted by molar-refractivity contribution is 7.92. The standard InChI is InChI=1S/C12H14ClN3O3S/c1-2-19-11-4-3-10(7-9(11)8-13)16-20(17,18)12-5-6-14-15-12/h3-7,16H,2,8H2,1H3,(H,14,15). The first kappa shape index (κ1) is 14.7. The number of aromatic amines is 1. The van der Waals surface area contributed by atoms with E-state index < -0.39 is 10.0 Å². The second-order valence-corrected chi connectivity index (χ2v) is 5.83. The molecule has 0 aliphatic carbocycles. The summed E-state index contributed by atoms with van der Waals surface area (Å²) in [5, 5.41) is 6.02. The number of benzene rings is 1. The van der Waals surface area contributed by atoms with Gasteiger partial charge in [0.1, 0.15) is 5.75 Å². The van der Waals surface area contributed by atoms with Gasteiger partial charge in [0.25, 0.3) is 10.0 Å². The number of hydrogen-bond acceptors (Lipinski definition) is 4. The molecule has 2 aromatic rings. The van der Waals surface area contributed by atoms with Gasteiger partial charge in [-0.25, -0.2) is 0 Å². The predicted molar refractivity (Wildman–Crippen MR) is 76.6 cm³/mol. The maximum absolute atomic E-state index is 12.0. The summed E-state index contributed by atoms with van der Waals surface area (Å²) in [6.45, 7) is 2.38. The molecule has 0 spiro atoms. The van der Waals surface area contributed by atoms with Gasteiger partial charge in [-0.15, -0.1) is 11.6 Å². The highest BCUT2D eigenvalue weighted by atomic mass is 35.5. The molecule has 0 saturated heterocycles. The molecule has 0 aliphatic heterocycles. The van der Waals surface area contributed by atoms with Crippen LogP contribution in [-0.4, -0.2) is 25.2 Å². The Kier molecular flexibility index (Phi) is 4.51. The van der Waals surface area contributed by atoms with Crippen LogP contribution in [0.1, 0.15) is 12.5 Å². The van der Waals surface area contributed by atoms with Gasteiger partial charge in [-0.3, -0.25) is 9.82 Å². The van der Waals surface area contributed by atoms with E-state index in [4.69, 9.17) is 16.3 Å². The van der Waals surface area contributed by atoms with Gasteiger partial charge in [-0.05, 0) is 31.2 Å². The zero-order chi connectivity index (χ0) is 14.6. The molecular formula is C12H14ClN3O3S. The van der Waals surface area contributed by atoms with Crippen LogP contribution in [0.2, 0.25) is 0 Å². The van der Waals surface area contributed by atoms with Crippen molar-refractivity contribution >= 4 is 27.3 Å². The van der Waals surface area contributed by atoms with Crippen LogP contribution in [-0.2, 0) is 15.9 Å². The summed E-state index contributed by atoms with van der Waals surface area (Å²) in [5.41, 5.74) is 1.14. The van der Waals surface area contributed by atoms with Crippen molar-refractivity contribution in [3.8, 4) is 5.75 Å². The summed E-state index contributed by atoms with van der Waals surface area (Å²) in [6.07, 6.45) is 1.37. The predicted octanol–water partition coefficient (Wildman–Crippen LogP) is 2.35. The summed E-state index contributed by atoms with van der Waals surface area (Å²) < 4.78 is 31.9. The zero-order valence-corrected chi connectivity index (χ0v) is 12.3. The smallest absolute Gasteiger partial charge is 0.278 e. The Morgan fingerprint density at radius 3 is 2.80 bits per heavy atom. The number of halogens is 1. The van der Waals surface area contributed by atoms with E-state index in [0.717, 1.165) is 5.56 Å².